The Kier molecular flexibility index (Phi) is 6.45. The summed E-state index contributed by atoms with van der Waals surface area (Å²) in [7, 11) is 1.57. The summed E-state index contributed by atoms with van der Waals surface area (Å²) in [6, 6.07) is 16.7. The van der Waals surface area contributed by atoms with Crippen molar-refractivity contribution in [3.8, 4) is 0 Å². The number of aliphatic hydroxyl groups excluding tert-OH is 1. The molecule has 0 unspecified atom stereocenters. The van der Waals surface area contributed by atoms with Gasteiger partial charge in [-0.1, -0.05) is 42.5 Å². The lowest BCUT2D eigenvalue weighted by atomic mass is 10.0. The van der Waals surface area contributed by atoms with Gasteiger partial charge in [0.15, 0.2) is 0 Å². The van der Waals surface area contributed by atoms with Gasteiger partial charge in [-0.3, -0.25) is 14.9 Å². The lowest BCUT2D eigenvalue weighted by Crippen LogP contribution is -2.15. The van der Waals surface area contributed by atoms with E-state index in [1.807, 2.05) is 31.2 Å². The van der Waals surface area contributed by atoms with Crippen molar-refractivity contribution < 1.29 is 19.6 Å². The SMILES string of the molecule is COCc1cc(C)nc2sc([C@@H](O)c3ccccc3)c(NC(=O)c3ccccc3[N+](=O)[O-])c12. The van der Waals surface area contributed by atoms with Crippen molar-refractivity contribution in [3.05, 3.63) is 98.0 Å². The molecule has 4 aromatic rings. The van der Waals surface area contributed by atoms with Crippen LogP contribution in [0.3, 0.4) is 0 Å². The number of aromatic nitrogens is 1. The minimum Gasteiger partial charge on any atom is -0.383 e. The van der Waals surface area contributed by atoms with Crippen molar-refractivity contribution in [2.45, 2.75) is 19.6 Å². The minimum atomic E-state index is -1.03. The molecule has 2 aromatic heterocycles. The Bertz CT molecular complexity index is 1340. The fraction of sp³-hybridized carbons (Fsp3) is 0.167. The van der Waals surface area contributed by atoms with E-state index in [1.54, 1.807) is 25.3 Å². The van der Waals surface area contributed by atoms with E-state index in [4.69, 9.17) is 4.74 Å². The first-order valence-corrected chi connectivity index (χ1v) is 10.9. The molecule has 0 bridgehead atoms. The van der Waals surface area contributed by atoms with E-state index < -0.39 is 16.9 Å². The molecule has 168 valence electrons. The Labute approximate surface area is 193 Å². The maximum atomic E-state index is 13.2. The molecule has 4 rings (SSSR count). The number of carbonyl (C=O) groups excluding carboxylic acids is 1. The maximum absolute atomic E-state index is 13.2. The number of nitro groups is 1. The Balaban J connectivity index is 1.89. The van der Waals surface area contributed by atoms with E-state index in [-0.39, 0.29) is 17.9 Å². The second-order valence-electron chi connectivity index (χ2n) is 7.42. The molecule has 0 radical (unpaired) electrons. The van der Waals surface area contributed by atoms with Crippen LogP contribution in [0.2, 0.25) is 0 Å². The number of aliphatic hydroxyl groups is 1. The predicted octanol–water partition coefficient (Wildman–Crippen LogP) is 4.99. The van der Waals surface area contributed by atoms with Gasteiger partial charge in [-0.2, -0.15) is 0 Å². The second-order valence-corrected chi connectivity index (χ2v) is 8.45. The fourth-order valence-electron chi connectivity index (χ4n) is 3.71. The van der Waals surface area contributed by atoms with Crippen LogP contribution in [0.25, 0.3) is 10.2 Å². The van der Waals surface area contributed by atoms with Gasteiger partial charge >= 0.3 is 0 Å². The molecule has 0 fully saturated rings. The van der Waals surface area contributed by atoms with Crippen LogP contribution < -0.4 is 5.32 Å². The first-order valence-electron chi connectivity index (χ1n) is 10.1. The predicted molar refractivity (Wildman–Crippen MR) is 127 cm³/mol. The summed E-state index contributed by atoms with van der Waals surface area (Å²) in [6.07, 6.45) is -1.03. The van der Waals surface area contributed by atoms with Gasteiger partial charge in [0.1, 0.15) is 16.5 Å². The molecule has 0 saturated heterocycles. The summed E-state index contributed by atoms with van der Waals surface area (Å²) < 4.78 is 5.35. The molecule has 0 saturated carbocycles. The third kappa shape index (κ3) is 4.47. The van der Waals surface area contributed by atoms with Crippen LogP contribution in [0, 0.1) is 17.0 Å². The summed E-state index contributed by atoms with van der Waals surface area (Å²) in [6.45, 7) is 2.13. The van der Waals surface area contributed by atoms with E-state index in [2.05, 4.69) is 10.3 Å². The zero-order chi connectivity index (χ0) is 23.5. The molecule has 1 atom stereocenters. The molecule has 0 aliphatic carbocycles. The number of pyridine rings is 1. The number of fused-ring (bicyclic) bond motifs is 1. The quantitative estimate of drug-likeness (QED) is 0.295. The zero-order valence-corrected chi connectivity index (χ0v) is 18.8. The van der Waals surface area contributed by atoms with Crippen molar-refractivity contribution in [1.82, 2.24) is 4.98 Å². The standard InChI is InChI=1S/C24H21N3O5S/c1-14-12-16(13-32-2)19-20(26-23(29)17-10-6-7-11-18(17)27(30)31)22(33-24(19)25-14)21(28)15-8-4-3-5-9-15/h3-12,21,28H,13H2,1-2H3,(H,26,29)/t21-/m0/s1. The molecule has 0 aliphatic heterocycles. The molecular weight excluding hydrogens is 442 g/mol. The Morgan fingerprint density at radius 2 is 1.91 bits per heavy atom. The molecular formula is C24H21N3O5S. The van der Waals surface area contributed by atoms with Gasteiger partial charge in [-0.25, -0.2) is 4.98 Å². The van der Waals surface area contributed by atoms with Crippen LogP contribution in [-0.4, -0.2) is 28.0 Å². The summed E-state index contributed by atoms with van der Waals surface area (Å²) in [5.74, 6) is -0.646. The number of nitrogens with zero attached hydrogens (tertiary/aromatic N) is 2. The van der Waals surface area contributed by atoms with E-state index in [1.165, 1.54) is 29.5 Å². The lowest BCUT2D eigenvalue weighted by Gasteiger charge is -2.14. The van der Waals surface area contributed by atoms with Crippen molar-refractivity contribution in [2.24, 2.45) is 0 Å². The maximum Gasteiger partial charge on any atom is 0.282 e. The average molecular weight is 464 g/mol. The van der Waals surface area contributed by atoms with Crippen LogP contribution in [0.5, 0.6) is 0 Å². The molecule has 0 spiro atoms. The number of rotatable bonds is 7. The lowest BCUT2D eigenvalue weighted by molar-refractivity contribution is -0.385. The smallest absolute Gasteiger partial charge is 0.282 e. The number of ether oxygens (including phenoxy) is 1. The summed E-state index contributed by atoms with van der Waals surface area (Å²) >= 11 is 1.26. The van der Waals surface area contributed by atoms with Gasteiger partial charge in [-0.05, 0) is 30.2 Å². The number of carbonyl (C=O) groups is 1. The molecule has 2 heterocycles. The monoisotopic (exact) mass is 463 g/mol. The number of benzene rings is 2. The number of nitro benzene ring substituents is 1. The third-order valence-corrected chi connectivity index (χ3v) is 6.28. The summed E-state index contributed by atoms with van der Waals surface area (Å²) in [5.41, 5.74) is 2.21. The molecule has 33 heavy (non-hydrogen) atoms. The molecule has 9 heteroatoms. The Morgan fingerprint density at radius 1 is 1.21 bits per heavy atom. The normalized spacial score (nSPS) is 12.0. The van der Waals surface area contributed by atoms with Gasteiger partial charge in [0.05, 0.1) is 22.1 Å². The highest BCUT2D eigenvalue weighted by Gasteiger charge is 2.27. The van der Waals surface area contributed by atoms with E-state index in [0.29, 0.717) is 26.3 Å². The number of hydrogen-bond donors (Lipinski definition) is 2. The van der Waals surface area contributed by atoms with Crippen molar-refractivity contribution in [3.63, 3.8) is 0 Å². The molecule has 1 amide bonds. The van der Waals surface area contributed by atoms with Gasteiger partial charge < -0.3 is 15.2 Å². The van der Waals surface area contributed by atoms with Gasteiger partial charge in [0.25, 0.3) is 11.6 Å². The number of nitrogens with one attached hydrogen (secondary N) is 1. The highest BCUT2D eigenvalue weighted by Crippen LogP contribution is 2.43. The molecule has 2 aromatic carbocycles. The first kappa shape index (κ1) is 22.5. The van der Waals surface area contributed by atoms with Crippen LogP contribution in [0.4, 0.5) is 11.4 Å². The highest BCUT2D eigenvalue weighted by molar-refractivity contribution is 7.19. The van der Waals surface area contributed by atoms with Crippen LogP contribution in [0.15, 0.2) is 60.7 Å². The Morgan fingerprint density at radius 3 is 2.61 bits per heavy atom. The summed E-state index contributed by atoms with van der Waals surface area (Å²) in [4.78, 5) is 29.7. The number of methoxy groups -OCH3 is 1. The number of aryl methyl sites for hydroxylation is 1. The number of anilines is 1. The number of hydrogen-bond acceptors (Lipinski definition) is 7. The van der Waals surface area contributed by atoms with E-state index in [0.717, 1.165) is 11.3 Å². The Hall–Kier alpha value is -3.66. The average Bonchev–Trinajstić information content (AvgIpc) is 3.17. The number of amides is 1. The topological polar surface area (TPSA) is 115 Å². The number of para-hydroxylation sites is 1. The van der Waals surface area contributed by atoms with Crippen LogP contribution >= 0.6 is 11.3 Å². The molecule has 8 nitrogen and oxygen atoms in total. The highest BCUT2D eigenvalue weighted by atomic mass is 32.1. The second kappa shape index (κ2) is 9.45. The van der Waals surface area contributed by atoms with Crippen molar-refractivity contribution in [2.75, 3.05) is 12.4 Å². The third-order valence-electron chi connectivity index (χ3n) is 5.15. The first-order chi connectivity index (χ1) is 15.9. The van der Waals surface area contributed by atoms with Gasteiger partial charge in [0.2, 0.25) is 0 Å². The summed E-state index contributed by atoms with van der Waals surface area (Å²) in [5, 5.41) is 26.1. The minimum absolute atomic E-state index is 0.0737. The van der Waals surface area contributed by atoms with Crippen molar-refractivity contribution >= 4 is 38.8 Å². The van der Waals surface area contributed by atoms with Gasteiger partial charge in [-0.15, -0.1) is 11.3 Å². The van der Waals surface area contributed by atoms with E-state index >= 15 is 0 Å². The number of thiophene rings is 1. The molecule has 0 aliphatic rings. The van der Waals surface area contributed by atoms with Crippen LogP contribution in [-0.2, 0) is 11.3 Å². The van der Waals surface area contributed by atoms with Gasteiger partial charge in [0, 0.05) is 24.3 Å². The zero-order valence-electron chi connectivity index (χ0n) is 17.9. The molecule has 2 N–H and O–H groups in total. The van der Waals surface area contributed by atoms with Crippen LogP contribution in [0.1, 0.15) is 38.2 Å². The largest absolute Gasteiger partial charge is 0.383 e. The van der Waals surface area contributed by atoms with E-state index in [9.17, 15) is 20.0 Å². The van der Waals surface area contributed by atoms with Crippen molar-refractivity contribution in [1.29, 1.82) is 0 Å². The fourth-order valence-corrected chi connectivity index (χ4v) is 4.94.